The Labute approximate surface area is 88.1 Å². The standard InChI is InChI=1S/C11H12ClNO/c12-11(14)9-5-4-8(6-10(9)13)7-2-1-3-7/h4-7H,1-3,13H2. The van der Waals surface area contributed by atoms with E-state index in [1.807, 2.05) is 12.1 Å². The van der Waals surface area contributed by atoms with Crippen LogP contribution in [0.1, 0.15) is 41.1 Å². The summed E-state index contributed by atoms with van der Waals surface area (Å²) in [6.07, 6.45) is 3.75. The lowest BCUT2D eigenvalue weighted by molar-refractivity contribution is 0.108. The molecule has 0 radical (unpaired) electrons. The number of carbonyl (C=O) groups excluding carboxylic acids is 1. The van der Waals surface area contributed by atoms with Gasteiger partial charge in [0, 0.05) is 5.69 Å². The molecule has 1 fully saturated rings. The van der Waals surface area contributed by atoms with E-state index in [9.17, 15) is 4.79 Å². The highest BCUT2D eigenvalue weighted by molar-refractivity contribution is 6.68. The van der Waals surface area contributed by atoms with Crippen molar-refractivity contribution in [1.29, 1.82) is 0 Å². The quantitative estimate of drug-likeness (QED) is 0.601. The number of benzene rings is 1. The monoisotopic (exact) mass is 209 g/mol. The first kappa shape index (κ1) is 9.53. The van der Waals surface area contributed by atoms with E-state index in [4.69, 9.17) is 17.3 Å². The summed E-state index contributed by atoms with van der Waals surface area (Å²) in [4.78, 5) is 10.9. The summed E-state index contributed by atoms with van der Waals surface area (Å²) >= 11 is 5.37. The molecule has 0 amide bonds. The average Bonchev–Trinajstić information content (AvgIpc) is 2.00. The van der Waals surface area contributed by atoms with Crippen LogP contribution in [0.15, 0.2) is 18.2 Å². The summed E-state index contributed by atoms with van der Waals surface area (Å²) in [7, 11) is 0. The SMILES string of the molecule is Nc1cc(C2CCC2)ccc1C(=O)Cl. The number of nitrogen functional groups attached to an aromatic ring is 1. The zero-order chi connectivity index (χ0) is 10.1. The number of anilines is 1. The minimum absolute atomic E-state index is 0.412. The van der Waals surface area contributed by atoms with E-state index in [2.05, 4.69) is 0 Å². The molecule has 0 spiro atoms. The van der Waals surface area contributed by atoms with E-state index in [-0.39, 0.29) is 0 Å². The fourth-order valence-electron chi connectivity index (χ4n) is 1.76. The van der Waals surface area contributed by atoms with Crippen LogP contribution in [0.2, 0.25) is 0 Å². The van der Waals surface area contributed by atoms with E-state index < -0.39 is 5.24 Å². The lowest BCUT2D eigenvalue weighted by atomic mass is 9.80. The zero-order valence-corrected chi connectivity index (χ0v) is 8.55. The van der Waals surface area contributed by atoms with Gasteiger partial charge in [-0.1, -0.05) is 12.5 Å². The fourth-order valence-corrected chi connectivity index (χ4v) is 1.93. The van der Waals surface area contributed by atoms with Crippen molar-refractivity contribution < 1.29 is 4.79 Å². The Kier molecular flexibility index (Phi) is 2.46. The minimum Gasteiger partial charge on any atom is -0.398 e. The lowest BCUT2D eigenvalue weighted by Gasteiger charge is -2.26. The first-order chi connectivity index (χ1) is 6.68. The van der Waals surface area contributed by atoms with E-state index >= 15 is 0 Å². The average molecular weight is 210 g/mol. The fraction of sp³-hybridized carbons (Fsp3) is 0.364. The van der Waals surface area contributed by atoms with Crippen molar-refractivity contribution in [3.8, 4) is 0 Å². The molecule has 1 saturated carbocycles. The van der Waals surface area contributed by atoms with Crippen molar-refractivity contribution in [2.75, 3.05) is 5.73 Å². The molecule has 1 aromatic rings. The molecule has 0 unspecified atom stereocenters. The van der Waals surface area contributed by atoms with Gasteiger partial charge in [-0.2, -0.15) is 0 Å². The Bertz CT molecular complexity index is 372. The zero-order valence-electron chi connectivity index (χ0n) is 7.79. The molecule has 0 atom stereocenters. The molecule has 1 aliphatic carbocycles. The van der Waals surface area contributed by atoms with Crippen molar-refractivity contribution in [2.45, 2.75) is 25.2 Å². The number of carbonyl (C=O) groups is 1. The predicted octanol–water partition coefficient (Wildman–Crippen LogP) is 2.92. The van der Waals surface area contributed by atoms with E-state index in [0.29, 0.717) is 17.2 Å². The molecule has 0 aliphatic heterocycles. The molecule has 0 bridgehead atoms. The Balaban J connectivity index is 2.30. The maximum absolute atomic E-state index is 10.9. The molecule has 2 nitrogen and oxygen atoms in total. The second-order valence-corrected chi connectivity index (χ2v) is 4.09. The van der Waals surface area contributed by atoms with Gasteiger partial charge in [-0.25, -0.2) is 0 Å². The number of halogens is 1. The topological polar surface area (TPSA) is 43.1 Å². The smallest absolute Gasteiger partial charge is 0.254 e. The number of nitrogens with two attached hydrogens (primary N) is 1. The summed E-state index contributed by atoms with van der Waals surface area (Å²) in [6.45, 7) is 0. The molecular weight excluding hydrogens is 198 g/mol. The van der Waals surface area contributed by atoms with Crippen molar-refractivity contribution >= 4 is 22.5 Å². The molecule has 1 aliphatic rings. The molecule has 74 valence electrons. The van der Waals surface area contributed by atoms with Crippen LogP contribution in [0.3, 0.4) is 0 Å². The maximum atomic E-state index is 10.9. The maximum Gasteiger partial charge on any atom is 0.254 e. The molecule has 0 aromatic heterocycles. The highest BCUT2D eigenvalue weighted by atomic mass is 35.5. The summed E-state index contributed by atoms with van der Waals surface area (Å²) < 4.78 is 0. The molecule has 0 saturated heterocycles. The van der Waals surface area contributed by atoms with Crippen LogP contribution in [-0.2, 0) is 0 Å². The number of rotatable bonds is 2. The summed E-state index contributed by atoms with van der Waals surface area (Å²) in [5.74, 6) is 0.636. The predicted molar refractivity (Wildman–Crippen MR) is 57.6 cm³/mol. The van der Waals surface area contributed by atoms with E-state index in [1.54, 1.807) is 6.07 Å². The van der Waals surface area contributed by atoms with Crippen molar-refractivity contribution in [3.05, 3.63) is 29.3 Å². The molecule has 1 aromatic carbocycles. The third kappa shape index (κ3) is 1.62. The van der Waals surface area contributed by atoms with Crippen LogP contribution in [0.5, 0.6) is 0 Å². The van der Waals surface area contributed by atoms with Gasteiger partial charge in [0.2, 0.25) is 0 Å². The van der Waals surface area contributed by atoms with Crippen LogP contribution < -0.4 is 5.73 Å². The van der Waals surface area contributed by atoms with Gasteiger partial charge in [0.1, 0.15) is 0 Å². The van der Waals surface area contributed by atoms with Gasteiger partial charge in [-0.05, 0) is 48.1 Å². The molecular formula is C11H12ClNO. The number of hydrogen-bond acceptors (Lipinski definition) is 2. The molecule has 14 heavy (non-hydrogen) atoms. The van der Waals surface area contributed by atoms with Crippen LogP contribution in [0.25, 0.3) is 0 Å². The first-order valence-electron chi connectivity index (χ1n) is 4.77. The minimum atomic E-state index is -0.484. The van der Waals surface area contributed by atoms with Crippen LogP contribution >= 0.6 is 11.6 Å². The lowest BCUT2D eigenvalue weighted by Crippen LogP contribution is -2.09. The molecule has 2 rings (SSSR count). The van der Waals surface area contributed by atoms with Crippen molar-refractivity contribution in [1.82, 2.24) is 0 Å². The molecule has 2 N–H and O–H groups in total. The Morgan fingerprint density at radius 2 is 2.14 bits per heavy atom. The molecule has 3 heteroatoms. The largest absolute Gasteiger partial charge is 0.398 e. The third-order valence-corrected chi connectivity index (χ3v) is 3.07. The summed E-state index contributed by atoms with van der Waals surface area (Å²) in [6, 6.07) is 5.55. The second kappa shape index (κ2) is 3.62. The Morgan fingerprint density at radius 3 is 2.57 bits per heavy atom. The Hall–Kier alpha value is -1.02. The van der Waals surface area contributed by atoms with E-state index in [0.717, 1.165) is 0 Å². The van der Waals surface area contributed by atoms with Gasteiger partial charge in [0.25, 0.3) is 5.24 Å². The van der Waals surface area contributed by atoms with Gasteiger partial charge in [-0.15, -0.1) is 0 Å². The third-order valence-electron chi connectivity index (χ3n) is 2.86. The van der Waals surface area contributed by atoms with Crippen molar-refractivity contribution in [3.63, 3.8) is 0 Å². The number of hydrogen-bond donors (Lipinski definition) is 1. The van der Waals surface area contributed by atoms with Gasteiger partial charge >= 0.3 is 0 Å². The normalized spacial score (nSPS) is 16.4. The first-order valence-corrected chi connectivity index (χ1v) is 5.15. The van der Waals surface area contributed by atoms with Gasteiger partial charge < -0.3 is 5.73 Å². The van der Waals surface area contributed by atoms with Crippen molar-refractivity contribution in [2.24, 2.45) is 0 Å². The van der Waals surface area contributed by atoms with Crippen LogP contribution in [-0.4, -0.2) is 5.24 Å². The molecule has 0 heterocycles. The van der Waals surface area contributed by atoms with Gasteiger partial charge in [0.05, 0.1) is 5.56 Å². The van der Waals surface area contributed by atoms with Gasteiger partial charge in [-0.3, -0.25) is 4.79 Å². The summed E-state index contributed by atoms with van der Waals surface area (Å²) in [5, 5.41) is -0.484. The van der Waals surface area contributed by atoms with Gasteiger partial charge in [0.15, 0.2) is 0 Å². The Morgan fingerprint density at radius 1 is 1.43 bits per heavy atom. The van der Waals surface area contributed by atoms with Crippen LogP contribution in [0, 0.1) is 0 Å². The summed E-state index contributed by atoms with van der Waals surface area (Å²) in [5.41, 5.74) is 7.87. The second-order valence-electron chi connectivity index (χ2n) is 3.75. The highest BCUT2D eigenvalue weighted by Crippen LogP contribution is 2.37. The highest BCUT2D eigenvalue weighted by Gasteiger charge is 2.20. The van der Waals surface area contributed by atoms with E-state index in [1.165, 1.54) is 24.8 Å². The van der Waals surface area contributed by atoms with Crippen LogP contribution in [0.4, 0.5) is 5.69 Å².